The molecule has 1 aliphatic rings. The summed E-state index contributed by atoms with van der Waals surface area (Å²) in [5.74, 6) is -0.343. The summed E-state index contributed by atoms with van der Waals surface area (Å²) in [6.45, 7) is 2.26. The van der Waals surface area contributed by atoms with E-state index >= 15 is 0 Å². The zero-order chi connectivity index (χ0) is 22.2. The first-order valence-electron chi connectivity index (χ1n) is 9.90. The van der Waals surface area contributed by atoms with Gasteiger partial charge in [0.1, 0.15) is 5.75 Å². The number of anilines is 3. The molecule has 0 spiro atoms. The van der Waals surface area contributed by atoms with Gasteiger partial charge in [0.05, 0.1) is 18.7 Å². The van der Waals surface area contributed by atoms with Gasteiger partial charge in [-0.3, -0.25) is 14.4 Å². The van der Waals surface area contributed by atoms with E-state index in [0.29, 0.717) is 49.0 Å². The van der Waals surface area contributed by atoms with Crippen LogP contribution in [0.15, 0.2) is 36.7 Å². The van der Waals surface area contributed by atoms with Gasteiger partial charge < -0.3 is 25.0 Å². The minimum absolute atomic E-state index is 0.235. The number of piperidine rings is 1. The van der Waals surface area contributed by atoms with Crippen LogP contribution >= 0.6 is 0 Å². The molecule has 1 aromatic heterocycles. The Morgan fingerprint density at radius 1 is 1.13 bits per heavy atom. The van der Waals surface area contributed by atoms with Crippen LogP contribution in [0.5, 0.6) is 5.75 Å². The van der Waals surface area contributed by atoms with Crippen LogP contribution in [0.4, 0.5) is 17.3 Å². The number of carbonyl (C=O) groups is 3. The van der Waals surface area contributed by atoms with Gasteiger partial charge in [-0.15, -0.1) is 0 Å². The number of carbonyl (C=O) groups excluding carboxylic acids is 3. The summed E-state index contributed by atoms with van der Waals surface area (Å²) in [4.78, 5) is 46.3. The fraction of sp³-hybridized carbons (Fsp3) is 0.381. The van der Waals surface area contributed by atoms with Gasteiger partial charge in [0, 0.05) is 38.1 Å². The lowest BCUT2D eigenvalue weighted by Crippen LogP contribution is -2.38. The van der Waals surface area contributed by atoms with Crippen molar-refractivity contribution in [1.82, 2.24) is 9.97 Å². The quantitative estimate of drug-likeness (QED) is 0.642. The maximum absolute atomic E-state index is 12.4. The van der Waals surface area contributed by atoms with Crippen molar-refractivity contribution in [3.05, 3.63) is 36.7 Å². The molecule has 2 N–H and O–H groups in total. The van der Waals surface area contributed by atoms with E-state index in [1.807, 2.05) is 4.90 Å². The Bertz CT molecular complexity index is 929. The average molecular weight is 427 g/mol. The Morgan fingerprint density at radius 3 is 2.48 bits per heavy atom. The lowest BCUT2D eigenvalue weighted by atomic mass is 9.97. The van der Waals surface area contributed by atoms with E-state index in [-0.39, 0.29) is 11.8 Å². The van der Waals surface area contributed by atoms with Crippen molar-refractivity contribution < 1.29 is 23.9 Å². The average Bonchev–Trinajstić information content (AvgIpc) is 2.78. The highest BCUT2D eigenvalue weighted by molar-refractivity contribution is 5.96. The van der Waals surface area contributed by atoms with E-state index in [9.17, 15) is 14.4 Å². The molecule has 10 heteroatoms. The van der Waals surface area contributed by atoms with E-state index in [2.05, 4.69) is 20.6 Å². The molecule has 0 saturated carbocycles. The molecule has 2 aromatic rings. The zero-order valence-electron chi connectivity index (χ0n) is 17.5. The lowest BCUT2D eigenvalue weighted by molar-refractivity contribution is -0.152. The molecule has 0 aliphatic carbocycles. The molecule has 164 valence electrons. The molecule has 0 unspecified atom stereocenters. The predicted octanol–water partition coefficient (Wildman–Crippen LogP) is 1.84. The minimum Gasteiger partial charge on any atom is -0.495 e. The number of hydrogen-bond acceptors (Lipinski definition) is 8. The van der Waals surface area contributed by atoms with Crippen LogP contribution in [-0.4, -0.2) is 54.6 Å². The first kappa shape index (κ1) is 22.0. The molecule has 0 bridgehead atoms. The third-order valence-corrected chi connectivity index (χ3v) is 4.80. The first-order valence-corrected chi connectivity index (χ1v) is 9.90. The van der Waals surface area contributed by atoms with Crippen molar-refractivity contribution in [2.24, 2.45) is 5.92 Å². The molecule has 0 atom stereocenters. The molecule has 1 aromatic carbocycles. The van der Waals surface area contributed by atoms with Gasteiger partial charge in [-0.05, 0) is 37.1 Å². The molecular formula is C21H25N5O5. The summed E-state index contributed by atoms with van der Waals surface area (Å²) in [5.41, 5.74) is 0.876. The van der Waals surface area contributed by atoms with Gasteiger partial charge in [0.25, 0.3) is 5.91 Å². The van der Waals surface area contributed by atoms with Gasteiger partial charge in [-0.2, -0.15) is 0 Å². The molecule has 1 fully saturated rings. The fourth-order valence-electron chi connectivity index (χ4n) is 3.30. The van der Waals surface area contributed by atoms with E-state index in [0.717, 1.165) is 0 Å². The van der Waals surface area contributed by atoms with Crippen molar-refractivity contribution in [3.8, 4) is 5.75 Å². The minimum atomic E-state index is -0.498. The second-order valence-electron chi connectivity index (χ2n) is 7.06. The van der Waals surface area contributed by atoms with Crippen LogP contribution in [0.3, 0.4) is 0 Å². The van der Waals surface area contributed by atoms with Gasteiger partial charge >= 0.3 is 5.97 Å². The van der Waals surface area contributed by atoms with Crippen LogP contribution in [0.1, 0.15) is 19.8 Å². The molecule has 2 heterocycles. The Kier molecular flexibility index (Phi) is 7.36. The SMILES string of the molecule is COc1ccc(NC(C)=O)cc1NC(=O)COC(=O)C1CCN(c2ncccn2)CC1. The molecular weight excluding hydrogens is 402 g/mol. The van der Waals surface area contributed by atoms with Crippen molar-refractivity contribution >= 4 is 35.1 Å². The van der Waals surface area contributed by atoms with Crippen molar-refractivity contribution in [3.63, 3.8) is 0 Å². The number of methoxy groups -OCH3 is 1. The maximum atomic E-state index is 12.4. The van der Waals surface area contributed by atoms with Crippen LogP contribution < -0.4 is 20.3 Å². The van der Waals surface area contributed by atoms with Crippen molar-refractivity contribution in [1.29, 1.82) is 0 Å². The Balaban J connectivity index is 1.48. The van der Waals surface area contributed by atoms with Crippen LogP contribution in [0, 0.1) is 5.92 Å². The van der Waals surface area contributed by atoms with Gasteiger partial charge in [-0.1, -0.05) is 0 Å². The first-order chi connectivity index (χ1) is 15.0. The summed E-state index contributed by atoms with van der Waals surface area (Å²) in [6.07, 6.45) is 4.57. The van der Waals surface area contributed by atoms with E-state index < -0.39 is 18.5 Å². The highest BCUT2D eigenvalue weighted by Gasteiger charge is 2.27. The summed E-state index contributed by atoms with van der Waals surface area (Å²) in [5, 5.41) is 5.28. The number of benzene rings is 1. The maximum Gasteiger partial charge on any atom is 0.309 e. The fourth-order valence-corrected chi connectivity index (χ4v) is 3.30. The Labute approximate surface area is 180 Å². The second-order valence-corrected chi connectivity index (χ2v) is 7.06. The highest BCUT2D eigenvalue weighted by Crippen LogP contribution is 2.28. The Hall–Kier alpha value is -3.69. The summed E-state index contributed by atoms with van der Waals surface area (Å²) >= 11 is 0. The number of hydrogen-bond donors (Lipinski definition) is 2. The van der Waals surface area contributed by atoms with E-state index in [4.69, 9.17) is 9.47 Å². The summed E-state index contributed by atoms with van der Waals surface area (Å²) in [6, 6.07) is 6.60. The van der Waals surface area contributed by atoms with Crippen LogP contribution in [-0.2, 0) is 19.1 Å². The predicted molar refractivity (Wildman–Crippen MR) is 114 cm³/mol. The molecule has 1 aliphatic heterocycles. The number of amides is 2. The molecule has 10 nitrogen and oxygen atoms in total. The largest absolute Gasteiger partial charge is 0.495 e. The third-order valence-electron chi connectivity index (χ3n) is 4.80. The monoisotopic (exact) mass is 427 g/mol. The number of nitrogens with one attached hydrogen (secondary N) is 2. The van der Waals surface area contributed by atoms with Gasteiger partial charge in [-0.25, -0.2) is 9.97 Å². The molecule has 0 radical (unpaired) electrons. The number of ether oxygens (including phenoxy) is 2. The van der Waals surface area contributed by atoms with Gasteiger partial charge in [0.2, 0.25) is 11.9 Å². The normalized spacial score (nSPS) is 13.9. The van der Waals surface area contributed by atoms with Crippen LogP contribution in [0.2, 0.25) is 0 Å². The molecule has 31 heavy (non-hydrogen) atoms. The Morgan fingerprint density at radius 2 is 1.84 bits per heavy atom. The number of aromatic nitrogens is 2. The number of nitrogens with zero attached hydrogens (tertiary/aromatic N) is 3. The third kappa shape index (κ3) is 6.14. The van der Waals surface area contributed by atoms with Crippen molar-refractivity contribution in [2.45, 2.75) is 19.8 Å². The van der Waals surface area contributed by atoms with E-state index in [1.165, 1.54) is 14.0 Å². The van der Waals surface area contributed by atoms with E-state index in [1.54, 1.807) is 36.7 Å². The number of esters is 1. The van der Waals surface area contributed by atoms with Crippen LogP contribution in [0.25, 0.3) is 0 Å². The summed E-state index contributed by atoms with van der Waals surface area (Å²) < 4.78 is 10.4. The lowest BCUT2D eigenvalue weighted by Gasteiger charge is -2.30. The summed E-state index contributed by atoms with van der Waals surface area (Å²) in [7, 11) is 1.47. The standard InChI is InChI=1S/C21H25N5O5/c1-14(27)24-16-4-5-18(30-2)17(12-16)25-19(28)13-31-20(29)15-6-10-26(11-7-15)21-22-8-3-9-23-21/h3-5,8-9,12,15H,6-7,10-11,13H2,1-2H3,(H,24,27)(H,25,28). The number of rotatable bonds is 7. The highest BCUT2D eigenvalue weighted by atomic mass is 16.5. The topological polar surface area (TPSA) is 123 Å². The zero-order valence-corrected chi connectivity index (χ0v) is 17.5. The van der Waals surface area contributed by atoms with Gasteiger partial charge in [0.15, 0.2) is 6.61 Å². The second kappa shape index (κ2) is 10.4. The molecule has 3 rings (SSSR count). The molecule has 2 amide bonds. The smallest absolute Gasteiger partial charge is 0.309 e. The van der Waals surface area contributed by atoms with Crippen molar-refractivity contribution in [2.75, 3.05) is 42.3 Å². The molecule has 1 saturated heterocycles.